The van der Waals surface area contributed by atoms with Crippen LogP contribution in [0.3, 0.4) is 0 Å². The van der Waals surface area contributed by atoms with E-state index in [-0.39, 0.29) is 17.9 Å². The Bertz CT molecular complexity index is 589. The normalized spacial score (nSPS) is 26.1. The molecule has 23 heavy (non-hydrogen) atoms. The van der Waals surface area contributed by atoms with Crippen LogP contribution in [-0.2, 0) is 19.7 Å². The number of carbonyl (C=O) groups excluding carboxylic acids is 1. The van der Waals surface area contributed by atoms with Crippen molar-refractivity contribution >= 4 is 27.8 Å². The summed E-state index contributed by atoms with van der Waals surface area (Å²) in [6.07, 6.45) is 2.34. The van der Waals surface area contributed by atoms with Crippen molar-refractivity contribution in [3.8, 4) is 0 Å². The lowest BCUT2D eigenvalue weighted by Gasteiger charge is -2.40. The second-order valence-corrected chi connectivity index (χ2v) is 7.29. The molecule has 3 rings (SSSR count). The molecule has 6 heteroatoms. The van der Waals surface area contributed by atoms with E-state index in [1.165, 1.54) is 0 Å². The molecular formula is C17H20BrNO4. The fourth-order valence-corrected chi connectivity index (χ4v) is 3.66. The summed E-state index contributed by atoms with van der Waals surface area (Å²) in [5.41, 5.74) is 0.420. The summed E-state index contributed by atoms with van der Waals surface area (Å²) in [5, 5.41) is 12.0. The second-order valence-electron chi connectivity index (χ2n) is 6.38. The smallest absolute Gasteiger partial charge is 0.306 e. The maximum Gasteiger partial charge on any atom is 0.306 e. The van der Waals surface area contributed by atoms with Gasteiger partial charge in [-0.15, -0.1) is 0 Å². The first-order valence-electron chi connectivity index (χ1n) is 7.89. The summed E-state index contributed by atoms with van der Waals surface area (Å²) < 4.78 is 6.43. The molecule has 1 saturated heterocycles. The first-order chi connectivity index (χ1) is 11.0. The lowest BCUT2D eigenvalue weighted by Crippen LogP contribution is -2.54. The van der Waals surface area contributed by atoms with Gasteiger partial charge in [0.15, 0.2) is 0 Å². The maximum absolute atomic E-state index is 13.0. The number of aliphatic carboxylic acids is 1. The minimum absolute atomic E-state index is 0.00281. The molecule has 0 spiro atoms. The number of amides is 1. The zero-order chi connectivity index (χ0) is 16.4. The van der Waals surface area contributed by atoms with Crippen molar-refractivity contribution in [3.63, 3.8) is 0 Å². The molecule has 0 bridgehead atoms. The van der Waals surface area contributed by atoms with E-state index in [4.69, 9.17) is 9.84 Å². The van der Waals surface area contributed by atoms with Crippen molar-refractivity contribution in [2.24, 2.45) is 5.92 Å². The van der Waals surface area contributed by atoms with Crippen LogP contribution in [-0.4, -0.2) is 36.2 Å². The van der Waals surface area contributed by atoms with Gasteiger partial charge in [-0.25, -0.2) is 0 Å². The van der Waals surface area contributed by atoms with Crippen LogP contribution in [0.5, 0.6) is 0 Å². The van der Waals surface area contributed by atoms with E-state index in [9.17, 15) is 9.59 Å². The van der Waals surface area contributed by atoms with Gasteiger partial charge in [0, 0.05) is 23.7 Å². The standard InChI is InChI=1S/C17H20BrNO4/c18-13-3-1-12(2-4-13)17(5-7-23-8-6-17)16(22)19-14-9-11(10-14)15(20)21/h1-4,11,14H,5-10H2,(H,19,22)(H,20,21). The van der Waals surface area contributed by atoms with E-state index in [0.29, 0.717) is 38.9 Å². The Kier molecular flexibility index (Phi) is 4.73. The van der Waals surface area contributed by atoms with Crippen molar-refractivity contribution in [2.45, 2.75) is 37.1 Å². The number of halogens is 1. The van der Waals surface area contributed by atoms with Crippen molar-refractivity contribution in [1.82, 2.24) is 5.32 Å². The average Bonchev–Trinajstić information content (AvgIpc) is 2.51. The molecule has 1 aliphatic carbocycles. The van der Waals surface area contributed by atoms with Gasteiger partial charge in [0.1, 0.15) is 0 Å². The molecule has 5 nitrogen and oxygen atoms in total. The van der Waals surface area contributed by atoms with Crippen molar-refractivity contribution in [1.29, 1.82) is 0 Å². The highest BCUT2D eigenvalue weighted by atomic mass is 79.9. The number of hydrogen-bond donors (Lipinski definition) is 2. The van der Waals surface area contributed by atoms with Crippen LogP contribution in [0.2, 0.25) is 0 Å². The summed E-state index contributed by atoms with van der Waals surface area (Å²) in [4.78, 5) is 23.9. The van der Waals surface area contributed by atoms with E-state index < -0.39 is 11.4 Å². The minimum Gasteiger partial charge on any atom is -0.481 e. The number of nitrogens with one attached hydrogen (secondary N) is 1. The second kappa shape index (κ2) is 6.61. The highest BCUT2D eigenvalue weighted by Crippen LogP contribution is 2.37. The Labute approximate surface area is 143 Å². The maximum atomic E-state index is 13.0. The molecule has 0 atom stereocenters. The summed E-state index contributed by atoms with van der Waals surface area (Å²) in [5.74, 6) is -1.10. The minimum atomic E-state index is -0.774. The van der Waals surface area contributed by atoms with Crippen molar-refractivity contribution in [2.75, 3.05) is 13.2 Å². The summed E-state index contributed by atoms with van der Waals surface area (Å²) >= 11 is 3.42. The molecule has 0 unspecified atom stereocenters. The van der Waals surface area contributed by atoms with Crippen LogP contribution in [0.15, 0.2) is 28.7 Å². The van der Waals surface area contributed by atoms with Crippen LogP contribution in [0.4, 0.5) is 0 Å². The Balaban J connectivity index is 1.75. The first-order valence-corrected chi connectivity index (χ1v) is 8.68. The Morgan fingerprint density at radius 2 is 1.78 bits per heavy atom. The number of benzene rings is 1. The van der Waals surface area contributed by atoms with Gasteiger partial charge in [-0.05, 0) is 43.4 Å². The van der Waals surface area contributed by atoms with Gasteiger partial charge in [-0.2, -0.15) is 0 Å². The van der Waals surface area contributed by atoms with Gasteiger partial charge in [-0.3, -0.25) is 9.59 Å². The molecular weight excluding hydrogens is 362 g/mol. The highest BCUT2D eigenvalue weighted by molar-refractivity contribution is 9.10. The van der Waals surface area contributed by atoms with Gasteiger partial charge < -0.3 is 15.2 Å². The number of carboxylic acid groups (broad SMARTS) is 1. The lowest BCUT2D eigenvalue weighted by atomic mass is 9.72. The molecule has 2 aliphatic rings. The van der Waals surface area contributed by atoms with E-state index in [1.807, 2.05) is 24.3 Å². The molecule has 1 aromatic rings. The third-order valence-corrected chi connectivity index (χ3v) is 5.53. The lowest BCUT2D eigenvalue weighted by molar-refractivity contribution is -0.147. The Morgan fingerprint density at radius 3 is 2.35 bits per heavy atom. The fraction of sp³-hybridized carbons (Fsp3) is 0.529. The van der Waals surface area contributed by atoms with Crippen LogP contribution in [0, 0.1) is 5.92 Å². The zero-order valence-electron chi connectivity index (χ0n) is 12.8. The average molecular weight is 382 g/mol. The molecule has 2 N–H and O–H groups in total. The van der Waals surface area contributed by atoms with Gasteiger partial charge in [0.05, 0.1) is 11.3 Å². The number of rotatable bonds is 4. The Morgan fingerprint density at radius 1 is 1.17 bits per heavy atom. The predicted octanol–water partition coefficient (Wildman–Crippen LogP) is 2.48. The van der Waals surface area contributed by atoms with E-state index >= 15 is 0 Å². The molecule has 2 fully saturated rings. The van der Waals surface area contributed by atoms with Gasteiger partial charge in [0.2, 0.25) is 5.91 Å². The molecule has 0 aromatic heterocycles. The Hall–Kier alpha value is -1.40. The molecule has 1 aliphatic heterocycles. The van der Waals surface area contributed by atoms with E-state index in [1.54, 1.807) is 0 Å². The number of hydrogen-bond acceptors (Lipinski definition) is 3. The van der Waals surface area contributed by atoms with Crippen molar-refractivity contribution < 1.29 is 19.4 Å². The third-order valence-electron chi connectivity index (χ3n) is 5.00. The molecule has 124 valence electrons. The van der Waals surface area contributed by atoms with Crippen LogP contribution in [0.1, 0.15) is 31.2 Å². The summed E-state index contributed by atoms with van der Waals surface area (Å²) in [7, 11) is 0. The van der Waals surface area contributed by atoms with Crippen LogP contribution < -0.4 is 5.32 Å². The van der Waals surface area contributed by atoms with E-state index in [0.717, 1.165) is 10.0 Å². The quantitative estimate of drug-likeness (QED) is 0.839. The molecule has 1 saturated carbocycles. The molecule has 1 aromatic carbocycles. The molecule has 0 radical (unpaired) electrons. The topological polar surface area (TPSA) is 75.6 Å². The van der Waals surface area contributed by atoms with E-state index in [2.05, 4.69) is 21.2 Å². The third kappa shape index (κ3) is 3.28. The number of ether oxygens (including phenoxy) is 1. The summed E-state index contributed by atoms with van der Waals surface area (Å²) in [6.45, 7) is 1.12. The zero-order valence-corrected chi connectivity index (χ0v) is 14.3. The number of carbonyl (C=O) groups is 2. The number of carboxylic acids is 1. The fourth-order valence-electron chi connectivity index (χ4n) is 3.40. The SMILES string of the molecule is O=C(O)C1CC(NC(=O)C2(c3ccc(Br)cc3)CCOCC2)C1. The highest BCUT2D eigenvalue weighted by Gasteiger charge is 2.44. The monoisotopic (exact) mass is 381 g/mol. The first kappa shape index (κ1) is 16.5. The van der Waals surface area contributed by atoms with Gasteiger partial charge in [-0.1, -0.05) is 28.1 Å². The van der Waals surface area contributed by atoms with Gasteiger partial charge >= 0.3 is 5.97 Å². The summed E-state index contributed by atoms with van der Waals surface area (Å²) in [6, 6.07) is 7.83. The van der Waals surface area contributed by atoms with Crippen molar-refractivity contribution in [3.05, 3.63) is 34.3 Å². The molecule has 1 amide bonds. The molecule has 1 heterocycles. The largest absolute Gasteiger partial charge is 0.481 e. The van der Waals surface area contributed by atoms with Crippen LogP contribution in [0.25, 0.3) is 0 Å². The predicted molar refractivity (Wildman–Crippen MR) is 88.2 cm³/mol. The van der Waals surface area contributed by atoms with Crippen LogP contribution >= 0.6 is 15.9 Å². The van der Waals surface area contributed by atoms with Gasteiger partial charge in [0.25, 0.3) is 0 Å².